The molecule has 0 atom stereocenters. The number of hydrogen-bond acceptors (Lipinski definition) is 0. The van der Waals surface area contributed by atoms with E-state index in [0.29, 0.717) is 0 Å². The average Bonchev–Trinajstić information content (AvgIpc) is 2.89. The Kier molecular flexibility index (Phi) is 11.2. The topological polar surface area (TPSA) is 0 Å². The molecule has 4 rings (SSSR count). The van der Waals surface area contributed by atoms with Crippen molar-refractivity contribution in [3.63, 3.8) is 0 Å². The molecule has 4 saturated carbocycles. The first kappa shape index (κ1) is 26.6. The first-order chi connectivity index (χ1) is 16.7. The van der Waals surface area contributed by atoms with Crippen molar-refractivity contribution in [3.05, 3.63) is 0 Å². The van der Waals surface area contributed by atoms with E-state index in [4.69, 9.17) is 0 Å². The van der Waals surface area contributed by atoms with Crippen molar-refractivity contribution in [2.45, 2.75) is 155 Å². The average molecular weight is 467 g/mol. The minimum absolute atomic E-state index is 0.729. The van der Waals surface area contributed by atoms with Crippen molar-refractivity contribution >= 4 is 0 Å². The lowest BCUT2D eigenvalue weighted by molar-refractivity contribution is 0.108. The van der Waals surface area contributed by atoms with Crippen molar-refractivity contribution in [1.82, 2.24) is 0 Å². The Bertz CT molecular complexity index is 590. The standard InChI is InChI=1S/C34H58/c1-3-5-6-8-28-9-11-29(12-10-28)13-14-30-17-21-32(22-18-30)34-25-23-33(24-26-34)31-19-15-27(7-4-2)16-20-31/h27-34H,3-12,15-26H2,1-2H3. The van der Waals surface area contributed by atoms with Gasteiger partial charge in [-0.05, 0) is 125 Å². The van der Waals surface area contributed by atoms with Gasteiger partial charge in [0, 0.05) is 11.8 Å². The van der Waals surface area contributed by atoms with Crippen LogP contribution in [0.3, 0.4) is 0 Å². The van der Waals surface area contributed by atoms with E-state index in [1.807, 2.05) is 0 Å². The smallest absolute Gasteiger partial charge is 0.0203 e. The molecule has 194 valence electrons. The van der Waals surface area contributed by atoms with Gasteiger partial charge in [-0.2, -0.15) is 0 Å². The number of rotatable bonds is 8. The van der Waals surface area contributed by atoms with Crippen LogP contribution in [0.4, 0.5) is 0 Å². The van der Waals surface area contributed by atoms with Gasteiger partial charge in [0.25, 0.3) is 0 Å². The number of unbranched alkanes of at least 4 members (excludes halogenated alkanes) is 2. The normalized spacial score (nSPS) is 39.2. The lowest BCUT2D eigenvalue weighted by Gasteiger charge is -2.41. The van der Waals surface area contributed by atoms with E-state index in [-0.39, 0.29) is 0 Å². The Labute approximate surface area is 214 Å². The van der Waals surface area contributed by atoms with Crippen LogP contribution in [0.1, 0.15) is 155 Å². The molecular weight excluding hydrogens is 408 g/mol. The largest absolute Gasteiger partial charge is 0.0996 e. The molecule has 0 heterocycles. The molecule has 0 saturated heterocycles. The van der Waals surface area contributed by atoms with Gasteiger partial charge < -0.3 is 0 Å². The van der Waals surface area contributed by atoms with Crippen LogP contribution in [0.5, 0.6) is 0 Å². The molecule has 0 bridgehead atoms. The quantitative estimate of drug-likeness (QED) is 0.246. The minimum Gasteiger partial charge on any atom is -0.0996 e. The fraction of sp³-hybridized carbons (Fsp3) is 0.941. The first-order valence-electron chi connectivity index (χ1n) is 16.3. The van der Waals surface area contributed by atoms with Gasteiger partial charge in [0.05, 0.1) is 0 Å². The van der Waals surface area contributed by atoms with Crippen LogP contribution in [0.15, 0.2) is 0 Å². The molecule has 0 amide bonds. The van der Waals surface area contributed by atoms with E-state index in [1.54, 1.807) is 51.4 Å². The molecule has 0 nitrogen and oxygen atoms in total. The summed E-state index contributed by atoms with van der Waals surface area (Å²) in [5.74, 6) is 15.4. The lowest BCUT2D eigenvalue weighted by Crippen LogP contribution is -2.29. The molecular formula is C34H58. The van der Waals surface area contributed by atoms with Crippen molar-refractivity contribution in [1.29, 1.82) is 0 Å². The van der Waals surface area contributed by atoms with Gasteiger partial charge in [-0.3, -0.25) is 0 Å². The Morgan fingerprint density at radius 2 is 0.794 bits per heavy atom. The maximum absolute atomic E-state index is 3.79. The summed E-state index contributed by atoms with van der Waals surface area (Å²) in [6.07, 6.45) is 32.6. The Hall–Kier alpha value is -0.440. The van der Waals surface area contributed by atoms with Gasteiger partial charge >= 0.3 is 0 Å². The maximum Gasteiger partial charge on any atom is 0.0203 e. The fourth-order valence-corrected chi connectivity index (χ4v) is 8.69. The second kappa shape index (κ2) is 14.3. The zero-order valence-corrected chi connectivity index (χ0v) is 23.2. The van der Waals surface area contributed by atoms with Crippen molar-refractivity contribution in [2.24, 2.45) is 47.3 Å². The molecule has 0 radical (unpaired) electrons. The van der Waals surface area contributed by atoms with Crippen LogP contribution in [0.2, 0.25) is 0 Å². The predicted octanol–water partition coefficient (Wildman–Crippen LogP) is 10.6. The van der Waals surface area contributed by atoms with Gasteiger partial charge in [-0.15, -0.1) is 0 Å². The summed E-state index contributed by atoms with van der Waals surface area (Å²) in [6, 6.07) is 0. The van der Waals surface area contributed by atoms with E-state index in [0.717, 1.165) is 47.3 Å². The highest BCUT2D eigenvalue weighted by Gasteiger charge is 2.34. The molecule has 0 heteroatoms. The molecule has 0 spiro atoms. The van der Waals surface area contributed by atoms with Gasteiger partial charge in [0.15, 0.2) is 0 Å². The molecule has 0 aromatic rings. The maximum atomic E-state index is 3.79. The minimum atomic E-state index is 0.729. The SMILES string of the molecule is CCCCCC1CCC(C#CC2CCC(C3CCC(C4CCC(CCC)CC4)CC3)CC2)CC1. The zero-order chi connectivity index (χ0) is 23.6. The van der Waals surface area contributed by atoms with Crippen molar-refractivity contribution < 1.29 is 0 Å². The Balaban J connectivity index is 1.10. The third-order valence-corrected chi connectivity index (χ3v) is 11.1. The molecule has 4 aliphatic rings. The second-order valence-corrected chi connectivity index (χ2v) is 13.4. The summed E-state index contributed by atoms with van der Waals surface area (Å²) < 4.78 is 0. The lowest BCUT2D eigenvalue weighted by atomic mass is 9.65. The van der Waals surface area contributed by atoms with E-state index >= 15 is 0 Å². The number of hydrogen-bond donors (Lipinski definition) is 0. The summed E-state index contributed by atoms with van der Waals surface area (Å²) in [5.41, 5.74) is 0. The van der Waals surface area contributed by atoms with Crippen LogP contribution in [0.25, 0.3) is 0 Å². The van der Waals surface area contributed by atoms with Crippen LogP contribution in [-0.4, -0.2) is 0 Å². The van der Waals surface area contributed by atoms with Crippen LogP contribution >= 0.6 is 0 Å². The molecule has 4 aliphatic carbocycles. The molecule has 34 heavy (non-hydrogen) atoms. The summed E-state index contributed by atoms with van der Waals surface area (Å²) in [7, 11) is 0. The van der Waals surface area contributed by atoms with Crippen LogP contribution in [-0.2, 0) is 0 Å². The summed E-state index contributed by atoms with van der Waals surface area (Å²) in [5, 5.41) is 0. The van der Waals surface area contributed by atoms with Gasteiger partial charge in [-0.25, -0.2) is 0 Å². The van der Waals surface area contributed by atoms with Crippen molar-refractivity contribution in [3.8, 4) is 11.8 Å². The predicted molar refractivity (Wildman–Crippen MR) is 149 cm³/mol. The summed E-state index contributed by atoms with van der Waals surface area (Å²) >= 11 is 0. The molecule has 0 aliphatic heterocycles. The van der Waals surface area contributed by atoms with Gasteiger partial charge in [0.2, 0.25) is 0 Å². The third-order valence-electron chi connectivity index (χ3n) is 11.1. The zero-order valence-electron chi connectivity index (χ0n) is 23.2. The van der Waals surface area contributed by atoms with E-state index in [9.17, 15) is 0 Å². The fourth-order valence-electron chi connectivity index (χ4n) is 8.69. The van der Waals surface area contributed by atoms with Crippen molar-refractivity contribution in [2.75, 3.05) is 0 Å². The third kappa shape index (κ3) is 8.04. The van der Waals surface area contributed by atoms with E-state index in [2.05, 4.69) is 25.7 Å². The Morgan fingerprint density at radius 1 is 0.412 bits per heavy atom. The van der Waals surface area contributed by atoms with Gasteiger partial charge in [-0.1, -0.05) is 77.1 Å². The molecule has 0 unspecified atom stereocenters. The summed E-state index contributed by atoms with van der Waals surface area (Å²) in [6.45, 7) is 4.69. The Morgan fingerprint density at radius 3 is 1.26 bits per heavy atom. The van der Waals surface area contributed by atoms with Crippen LogP contribution < -0.4 is 0 Å². The van der Waals surface area contributed by atoms with E-state index < -0.39 is 0 Å². The highest BCUT2D eigenvalue weighted by Crippen LogP contribution is 2.46. The second-order valence-electron chi connectivity index (χ2n) is 13.4. The molecule has 0 N–H and O–H groups in total. The van der Waals surface area contributed by atoms with Gasteiger partial charge in [0.1, 0.15) is 0 Å². The highest BCUT2D eigenvalue weighted by atomic mass is 14.4. The molecule has 0 aromatic heterocycles. The monoisotopic (exact) mass is 466 g/mol. The first-order valence-corrected chi connectivity index (χ1v) is 16.3. The highest BCUT2D eigenvalue weighted by molar-refractivity contribution is 5.09. The molecule has 0 aromatic carbocycles. The van der Waals surface area contributed by atoms with E-state index in [1.165, 1.54) is 89.9 Å². The summed E-state index contributed by atoms with van der Waals surface area (Å²) in [4.78, 5) is 0. The van der Waals surface area contributed by atoms with Crippen LogP contribution in [0, 0.1) is 59.2 Å². The molecule has 4 fully saturated rings.